The minimum Gasteiger partial charge on any atom is -0.338 e. The third-order valence-corrected chi connectivity index (χ3v) is 5.85. The van der Waals surface area contributed by atoms with Gasteiger partial charge in [0.05, 0.1) is 10.6 Å². The smallest absolute Gasteiger partial charge is 0.255 e. The first-order chi connectivity index (χ1) is 11.1. The molecule has 1 aliphatic heterocycles. The number of benzene rings is 2. The van der Waals surface area contributed by atoms with E-state index >= 15 is 0 Å². The summed E-state index contributed by atoms with van der Waals surface area (Å²) in [5.41, 5.74) is 1.81. The number of nitrogens with zero attached hydrogens (tertiary/aromatic N) is 1. The molecular weight excluding hydrogens is 349 g/mol. The van der Waals surface area contributed by atoms with Gasteiger partial charge in [-0.2, -0.15) is 11.8 Å². The van der Waals surface area contributed by atoms with E-state index in [4.69, 9.17) is 23.2 Å². The van der Waals surface area contributed by atoms with Crippen LogP contribution in [0.15, 0.2) is 48.5 Å². The van der Waals surface area contributed by atoms with E-state index in [1.54, 1.807) is 18.2 Å². The number of hydrogen-bond acceptors (Lipinski definition) is 2. The van der Waals surface area contributed by atoms with Gasteiger partial charge in [0.2, 0.25) is 0 Å². The normalized spacial score (nSPS) is 18.5. The summed E-state index contributed by atoms with van der Waals surface area (Å²) in [6.07, 6.45) is 0.943. The fourth-order valence-electron chi connectivity index (χ4n) is 2.74. The highest BCUT2D eigenvalue weighted by atomic mass is 35.5. The van der Waals surface area contributed by atoms with Crippen LogP contribution < -0.4 is 0 Å². The van der Waals surface area contributed by atoms with E-state index in [1.807, 2.05) is 22.7 Å². The van der Waals surface area contributed by atoms with Crippen molar-refractivity contribution >= 4 is 40.9 Å². The minimum absolute atomic E-state index is 0.0354. The van der Waals surface area contributed by atoms with Crippen molar-refractivity contribution in [3.05, 3.63) is 69.7 Å². The Hall–Kier alpha value is -1.16. The number of rotatable bonds is 2. The molecule has 1 unspecified atom stereocenters. The van der Waals surface area contributed by atoms with Crippen molar-refractivity contribution in [2.75, 3.05) is 18.8 Å². The summed E-state index contributed by atoms with van der Waals surface area (Å²) in [4.78, 5) is 14.6. The molecule has 0 bridgehead atoms. The lowest BCUT2D eigenvalue weighted by Gasteiger charge is -2.21. The molecule has 1 saturated heterocycles. The van der Waals surface area contributed by atoms with E-state index < -0.39 is 0 Å². The molecule has 1 fully saturated rings. The van der Waals surface area contributed by atoms with Gasteiger partial charge in [0, 0.05) is 29.1 Å². The van der Waals surface area contributed by atoms with Crippen molar-refractivity contribution in [3.63, 3.8) is 0 Å². The van der Waals surface area contributed by atoms with Gasteiger partial charge in [-0.1, -0.05) is 53.5 Å². The molecule has 0 spiro atoms. The van der Waals surface area contributed by atoms with Gasteiger partial charge in [0.25, 0.3) is 5.91 Å². The lowest BCUT2D eigenvalue weighted by molar-refractivity contribution is 0.0767. The molecule has 1 heterocycles. The van der Waals surface area contributed by atoms with Gasteiger partial charge >= 0.3 is 0 Å². The summed E-state index contributed by atoms with van der Waals surface area (Å²) in [5.74, 6) is 0.885. The Morgan fingerprint density at radius 3 is 2.65 bits per heavy atom. The van der Waals surface area contributed by atoms with Crippen molar-refractivity contribution in [3.8, 4) is 0 Å². The maximum atomic E-state index is 12.7. The molecule has 1 amide bonds. The molecule has 1 aliphatic rings. The largest absolute Gasteiger partial charge is 0.338 e. The van der Waals surface area contributed by atoms with Crippen LogP contribution in [0.5, 0.6) is 0 Å². The van der Waals surface area contributed by atoms with Crippen LogP contribution in [0.2, 0.25) is 10.0 Å². The summed E-state index contributed by atoms with van der Waals surface area (Å²) in [5, 5.41) is 1.42. The Morgan fingerprint density at radius 2 is 1.87 bits per heavy atom. The number of carbonyl (C=O) groups is 1. The van der Waals surface area contributed by atoms with Crippen molar-refractivity contribution < 1.29 is 4.79 Å². The molecule has 5 heteroatoms. The molecule has 2 nitrogen and oxygen atoms in total. The monoisotopic (exact) mass is 365 g/mol. The van der Waals surface area contributed by atoms with Gasteiger partial charge in [-0.15, -0.1) is 0 Å². The third-order valence-electron chi connectivity index (χ3n) is 3.96. The molecule has 2 aromatic carbocycles. The second-order valence-electron chi connectivity index (χ2n) is 5.48. The standard InChI is InChI=1S/C18H17Cl2NOS/c19-14-6-7-16(20)15(12-14)18(22)21-9-8-17(23-11-10-21)13-4-2-1-3-5-13/h1-7,12,17H,8-11H2. The highest BCUT2D eigenvalue weighted by molar-refractivity contribution is 7.99. The number of halogens is 2. The van der Waals surface area contributed by atoms with Crippen LogP contribution in [-0.2, 0) is 0 Å². The second-order valence-corrected chi connectivity index (χ2v) is 7.63. The van der Waals surface area contributed by atoms with Gasteiger partial charge in [0.1, 0.15) is 0 Å². The number of hydrogen-bond donors (Lipinski definition) is 0. The molecule has 0 saturated carbocycles. The predicted octanol–water partition coefficient (Wildman–Crippen LogP) is 5.31. The molecule has 2 aromatic rings. The summed E-state index contributed by atoms with van der Waals surface area (Å²) in [7, 11) is 0. The van der Waals surface area contributed by atoms with Crippen LogP contribution in [0.3, 0.4) is 0 Å². The Kier molecular flexibility index (Phi) is 5.52. The van der Waals surface area contributed by atoms with Gasteiger partial charge in [0.15, 0.2) is 0 Å². The number of carbonyl (C=O) groups excluding carboxylic acids is 1. The molecule has 0 aromatic heterocycles. The highest BCUT2D eigenvalue weighted by Gasteiger charge is 2.24. The lowest BCUT2D eigenvalue weighted by Crippen LogP contribution is -2.33. The summed E-state index contributed by atoms with van der Waals surface area (Å²) < 4.78 is 0. The van der Waals surface area contributed by atoms with Crippen LogP contribution in [0.4, 0.5) is 0 Å². The Bertz CT molecular complexity index is 693. The fourth-order valence-corrected chi connectivity index (χ4v) is 4.34. The molecule has 23 heavy (non-hydrogen) atoms. The minimum atomic E-state index is -0.0354. The van der Waals surface area contributed by atoms with Gasteiger partial charge in [-0.3, -0.25) is 4.79 Å². The Labute approximate surface area is 150 Å². The van der Waals surface area contributed by atoms with Gasteiger partial charge in [-0.25, -0.2) is 0 Å². The summed E-state index contributed by atoms with van der Waals surface area (Å²) in [6, 6.07) is 15.5. The lowest BCUT2D eigenvalue weighted by atomic mass is 10.1. The van der Waals surface area contributed by atoms with Gasteiger partial charge < -0.3 is 4.90 Å². The maximum absolute atomic E-state index is 12.7. The molecular formula is C18H17Cl2NOS. The molecule has 0 aliphatic carbocycles. The van der Waals surface area contributed by atoms with Crippen LogP contribution >= 0.6 is 35.0 Å². The van der Waals surface area contributed by atoms with Crippen LogP contribution in [0.1, 0.15) is 27.6 Å². The van der Waals surface area contributed by atoms with Crippen LogP contribution in [0.25, 0.3) is 0 Å². The number of thioether (sulfide) groups is 1. The zero-order chi connectivity index (χ0) is 16.2. The summed E-state index contributed by atoms with van der Waals surface area (Å²) >= 11 is 14.1. The average molecular weight is 366 g/mol. The van der Waals surface area contributed by atoms with E-state index in [9.17, 15) is 4.79 Å². The first-order valence-electron chi connectivity index (χ1n) is 7.56. The maximum Gasteiger partial charge on any atom is 0.255 e. The van der Waals surface area contributed by atoms with E-state index in [1.165, 1.54) is 5.56 Å². The van der Waals surface area contributed by atoms with Crippen LogP contribution in [0, 0.1) is 0 Å². The van der Waals surface area contributed by atoms with E-state index in [0.29, 0.717) is 20.9 Å². The topological polar surface area (TPSA) is 20.3 Å². The molecule has 120 valence electrons. The quantitative estimate of drug-likeness (QED) is 0.718. The van der Waals surface area contributed by atoms with E-state index in [-0.39, 0.29) is 5.91 Å². The van der Waals surface area contributed by atoms with E-state index in [2.05, 4.69) is 24.3 Å². The van der Waals surface area contributed by atoms with Crippen LogP contribution in [-0.4, -0.2) is 29.6 Å². The first kappa shape index (κ1) is 16.7. The first-order valence-corrected chi connectivity index (χ1v) is 9.36. The molecule has 0 radical (unpaired) electrons. The van der Waals surface area contributed by atoms with Crippen molar-refractivity contribution in [2.45, 2.75) is 11.7 Å². The third kappa shape index (κ3) is 4.03. The second kappa shape index (κ2) is 7.61. The average Bonchev–Trinajstić information content (AvgIpc) is 2.83. The Morgan fingerprint density at radius 1 is 1.09 bits per heavy atom. The highest BCUT2D eigenvalue weighted by Crippen LogP contribution is 2.34. The summed E-state index contributed by atoms with van der Waals surface area (Å²) in [6.45, 7) is 1.46. The fraction of sp³-hybridized carbons (Fsp3) is 0.278. The molecule has 1 atom stereocenters. The van der Waals surface area contributed by atoms with Crippen molar-refractivity contribution in [2.24, 2.45) is 0 Å². The zero-order valence-corrected chi connectivity index (χ0v) is 14.9. The van der Waals surface area contributed by atoms with Crippen molar-refractivity contribution in [1.29, 1.82) is 0 Å². The van der Waals surface area contributed by atoms with Gasteiger partial charge in [-0.05, 0) is 30.2 Å². The predicted molar refractivity (Wildman–Crippen MR) is 98.6 cm³/mol. The zero-order valence-electron chi connectivity index (χ0n) is 12.5. The Balaban J connectivity index is 1.73. The molecule has 3 rings (SSSR count). The number of amides is 1. The van der Waals surface area contributed by atoms with Crippen molar-refractivity contribution in [1.82, 2.24) is 4.90 Å². The SMILES string of the molecule is O=C(c1cc(Cl)ccc1Cl)N1CCSC(c2ccccc2)CC1. The van der Waals surface area contributed by atoms with E-state index in [0.717, 1.165) is 25.3 Å². The molecule has 0 N–H and O–H groups in total.